The van der Waals surface area contributed by atoms with Crippen LogP contribution in [0.1, 0.15) is 12.8 Å². The van der Waals surface area contributed by atoms with Gasteiger partial charge in [-0.15, -0.1) is 0 Å². The molecule has 1 atom stereocenters. The standard InChI is InChI=1S/C17H19N3O4/c1-24-14-7-3-2-6-13(14)20-10-8-18-15(16(20)21)19-9-4-5-12(11-19)17(22)23/h2-3,6-8,10,12H,4-5,9,11H2,1H3,(H,22,23)/t12-/m0/s1. The maximum atomic E-state index is 12.9. The van der Waals surface area contributed by atoms with Crippen molar-refractivity contribution in [1.82, 2.24) is 9.55 Å². The summed E-state index contributed by atoms with van der Waals surface area (Å²) in [5, 5.41) is 9.23. The summed E-state index contributed by atoms with van der Waals surface area (Å²) in [7, 11) is 1.55. The Hall–Kier alpha value is -2.83. The minimum absolute atomic E-state index is 0.273. The number of hydrogen-bond donors (Lipinski definition) is 1. The Morgan fingerprint density at radius 2 is 2.17 bits per heavy atom. The maximum absolute atomic E-state index is 12.9. The van der Waals surface area contributed by atoms with Crippen LogP contribution < -0.4 is 15.2 Å². The number of piperidine rings is 1. The monoisotopic (exact) mass is 329 g/mol. The van der Waals surface area contributed by atoms with E-state index in [2.05, 4.69) is 4.98 Å². The number of carboxylic acids is 1. The normalized spacial score (nSPS) is 17.5. The van der Waals surface area contributed by atoms with E-state index in [1.165, 1.54) is 4.57 Å². The van der Waals surface area contributed by atoms with Gasteiger partial charge in [-0.2, -0.15) is 0 Å². The molecule has 0 bridgehead atoms. The van der Waals surface area contributed by atoms with E-state index in [9.17, 15) is 14.7 Å². The molecule has 2 heterocycles. The topological polar surface area (TPSA) is 84.7 Å². The highest BCUT2D eigenvalue weighted by atomic mass is 16.5. The highest BCUT2D eigenvalue weighted by molar-refractivity contribution is 5.71. The van der Waals surface area contributed by atoms with Crippen molar-refractivity contribution in [2.24, 2.45) is 5.92 Å². The number of rotatable bonds is 4. The molecule has 126 valence electrons. The number of anilines is 1. The lowest BCUT2D eigenvalue weighted by molar-refractivity contribution is -0.141. The first-order chi connectivity index (χ1) is 11.6. The van der Waals surface area contributed by atoms with Gasteiger partial charge in [0, 0.05) is 25.5 Å². The second-order valence-electron chi connectivity index (χ2n) is 5.72. The molecule has 0 saturated carbocycles. The fraction of sp³-hybridized carbons (Fsp3) is 0.353. The molecule has 0 radical (unpaired) electrons. The van der Waals surface area contributed by atoms with Crippen LogP contribution in [-0.2, 0) is 4.79 Å². The van der Waals surface area contributed by atoms with Gasteiger partial charge in [-0.1, -0.05) is 12.1 Å². The van der Waals surface area contributed by atoms with E-state index in [1.807, 2.05) is 12.1 Å². The average molecular weight is 329 g/mol. The van der Waals surface area contributed by atoms with Gasteiger partial charge >= 0.3 is 5.97 Å². The molecule has 1 aromatic heterocycles. The Bertz CT molecular complexity index is 802. The van der Waals surface area contributed by atoms with Crippen LogP contribution in [0.5, 0.6) is 5.75 Å². The van der Waals surface area contributed by atoms with Gasteiger partial charge in [0.2, 0.25) is 0 Å². The molecular weight excluding hydrogens is 310 g/mol. The molecule has 1 fully saturated rings. The molecule has 24 heavy (non-hydrogen) atoms. The van der Waals surface area contributed by atoms with Crippen LogP contribution in [0.25, 0.3) is 5.69 Å². The number of aromatic nitrogens is 2. The average Bonchev–Trinajstić information content (AvgIpc) is 2.62. The predicted octanol–water partition coefficient (Wildman–Crippen LogP) is 1.54. The highest BCUT2D eigenvalue weighted by Gasteiger charge is 2.27. The minimum Gasteiger partial charge on any atom is -0.495 e. The third-order valence-corrected chi connectivity index (χ3v) is 4.24. The summed E-state index contributed by atoms with van der Waals surface area (Å²) in [4.78, 5) is 30.1. The molecule has 1 saturated heterocycles. The van der Waals surface area contributed by atoms with E-state index >= 15 is 0 Å². The van der Waals surface area contributed by atoms with Crippen molar-refractivity contribution in [2.75, 3.05) is 25.1 Å². The molecule has 1 aromatic carbocycles. The second-order valence-corrected chi connectivity index (χ2v) is 5.72. The first-order valence-corrected chi connectivity index (χ1v) is 7.80. The van der Waals surface area contributed by atoms with E-state index in [4.69, 9.17) is 4.74 Å². The van der Waals surface area contributed by atoms with Crippen molar-refractivity contribution >= 4 is 11.8 Å². The van der Waals surface area contributed by atoms with Crippen LogP contribution in [0.15, 0.2) is 41.5 Å². The Morgan fingerprint density at radius 3 is 2.92 bits per heavy atom. The molecule has 1 aliphatic rings. The number of benzene rings is 1. The van der Waals surface area contributed by atoms with Crippen molar-refractivity contribution in [1.29, 1.82) is 0 Å². The van der Waals surface area contributed by atoms with Gasteiger partial charge in [0.15, 0.2) is 5.82 Å². The Kier molecular flexibility index (Phi) is 4.50. The lowest BCUT2D eigenvalue weighted by atomic mass is 9.98. The van der Waals surface area contributed by atoms with Gasteiger partial charge in [-0.25, -0.2) is 4.98 Å². The lowest BCUT2D eigenvalue weighted by Gasteiger charge is -2.31. The van der Waals surface area contributed by atoms with Gasteiger partial charge < -0.3 is 14.7 Å². The van der Waals surface area contributed by atoms with Crippen LogP contribution in [-0.4, -0.2) is 40.8 Å². The SMILES string of the molecule is COc1ccccc1-n1ccnc(N2CCC[C@H](C(=O)O)C2)c1=O. The minimum atomic E-state index is -0.833. The second kappa shape index (κ2) is 6.74. The number of hydrogen-bond acceptors (Lipinski definition) is 5. The van der Waals surface area contributed by atoms with Crippen LogP contribution in [0, 0.1) is 5.92 Å². The number of nitrogens with zero attached hydrogens (tertiary/aromatic N) is 3. The zero-order valence-corrected chi connectivity index (χ0v) is 13.4. The number of aliphatic carboxylic acids is 1. The van der Waals surface area contributed by atoms with E-state index in [1.54, 1.807) is 36.5 Å². The van der Waals surface area contributed by atoms with Gasteiger partial charge in [-0.05, 0) is 25.0 Å². The summed E-state index contributed by atoms with van der Waals surface area (Å²) in [6, 6.07) is 7.23. The van der Waals surface area contributed by atoms with Crippen molar-refractivity contribution in [3.8, 4) is 11.4 Å². The summed E-state index contributed by atoms with van der Waals surface area (Å²) in [6.45, 7) is 0.926. The first kappa shape index (κ1) is 16.0. The number of carboxylic acid groups (broad SMARTS) is 1. The molecule has 2 aromatic rings. The van der Waals surface area contributed by atoms with Gasteiger partial charge in [0.1, 0.15) is 5.75 Å². The zero-order valence-electron chi connectivity index (χ0n) is 13.4. The Balaban J connectivity index is 2.00. The zero-order chi connectivity index (χ0) is 17.1. The molecule has 1 aliphatic heterocycles. The summed E-state index contributed by atoms with van der Waals surface area (Å²) in [5.41, 5.74) is 0.341. The Morgan fingerprint density at radius 1 is 1.38 bits per heavy atom. The third-order valence-electron chi connectivity index (χ3n) is 4.24. The van der Waals surface area contributed by atoms with Gasteiger partial charge in [-0.3, -0.25) is 14.2 Å². The van der Waals surface area contributed by atoms with Gasteiger partial charge in [0.05, 0.1) is 18.7 Å². The predicted molar refractivity (Wildman–Crippen MR) is 89.0 cm³/mol. The molecule has 0 spiro atoms. The molecular formula is C17H19N3O4. The van der Waals surface area contributed by atoms with E-state index < -0.39 is 11.9 Å². The summed E-state index contributed by atoms with van der Waals surface area (Å²) in [6.07, 6.45) is 4.48. The maximum Gasteiger partial charge on any atom is 0.308 e. The molecule has 7 heteroatoms. The van der Waals surface area contributed by atoms with Crippen LogP contribution in [0.4, 0.5) is 5.82 Å². The largest absolute Gasteiger partial charge is 0.495 e. The Labute approximate surface area is 139 Å². The van der Waals surface area contributed by atoms with E-state index in [0.717, 1.165) is 6.42 Å². The molecule has 7 nitrogen and oxygen atoms in total. The molecule has 0 unspecified atom stereocenters. The third kappa shape index (κ3) is 2.97. The van der Waals surface area contributed by atoms with E-state index in [0.29, 0.717) is 30.9 Å². The number of methoxy groups -OCH3 is 1. The van der Waals surface area contributed by atoms with Crippen molar-refractivity contribution in [3.05, 3.63) is 47.0 Å². The van der Waals surface area contributed by atoms with Gasteiger partial charge in [0.25, 0.3) is 5.56 Å². The quantitative estimate of drug-likeness (QED) is 0.916. The number of ether oxygens (including phenoxy) is 1. The van der Waals surface area contributed by atoms with E-state index in [-0.39, 0.29) is 11.4 Å². The molecule has 0 aliphatic carbocycles. The number of para-hydroxylation sites is 2. The lowest BCUT2D eigenvalue weighted by Crippen LogP contribution is -2.42. The highest BCUT2D eigenvalue weighted by Crippen LogP contribution is 2.23. The molecule has 0 amide bonds. The van der Waals surface area contributed by atoms with Crippen LogP contribution in [0.3, 0.4) is 0 Å². The molecule has 3 rings (SSSR count). The first-order valence-electron chi connectivity index (χ1n) is 7.80. The van der Waals surface area contributed by atoms with Crippen molar-refractivity contribution in [2.45, 2.75) is 12.8 Å². The fourth-order valence-electron chi connectivity index (χ4n) is 3.01. The van der Waals surface area contributed by atoms with Crippen LogP contribution >= 0.6 is 0 Å². The summed E-state index contributed by atoms with van der Waals surface area (Å²) >= 11 is 0. The fourth-order valence-corrected chi connectivity index (χ4v) is 3.01. The smallest absolute Gasteiger partial charge is 0.308 e. The number of carbonyl (C=O) groups is 1. The van der Waals surface area contributed by atoms with Crippen molar-refractivity contribution < 1.29 is 14.6 Å². The van der Waals surface area contributed by atoms with Crippen LogP contribution in [0.2, 0.25) is 0 Å². The molecule has 1 N–H and O–H groups in total. The van der Waals surface area contributed by atoms with Crippen molar-refractivity contribution in [3.63, 3.8) is 0 Å². The summed E-state index contributed by atoms with van der Waals surface area (Å²) < 4.78 is 6.79. The summed E-state index contributed by atoms with van der Waals surface area (Å²) in [5.74, 6) is -0.450.